The SMILES string of the molecule is Cc1ccnc(-n2cc(C(=O)O)c(-c3ccc(Br)s3)n2)c1. The highest BCUT2D eigenvalue weighted by Crippen LogP contribution is 2.32. The van der Waals surface area contributed by atoms with Crippen LogP contribution < -0.4 is 0 Å². The molecule has 0 unspecified atom stereocenters. The molecule has 0 aliphatic carbocycles. The van der Waals surface area contributed by atoms with Crippen LogP contribution in [0.1, 0.15) is 15.9 Å². The number of carbonyl (C=O) groups is 1. The molecule has 3 heterocycles. The number of rotatable bonds is 3. The van der Waals surface area contributed by atoms with Gasteiger partial charge in [-0.3, -0.25) is 0 Å². The Morgan fingerprint density at radius 3 is 2.81 bits per heavy atom. The molecular weight excluding hydrogens is 354 g/mol. The lowest BCUT2D eigenvalue weighted by molar-refractivity contribution is 0.0697. The predicted octanol–water partition coefficient (Wildman–Crippen LogP) is 3.76. The Labute approximate surface area is 133 Å². The van der Waals surface area contributed by atoms with Gasteiger partial charge in [-0.2, -0.15) is 5.10 Å². The van der Waals surface area contributed by atoms with E-state index >= 15 is 0 Å². The minimum Gasteiger partial charge on any atom is -0.478 e. The number of aromatic carboxylic acids is 1. The molecule has 106 valence electrons. The summed E-state index contributed by atoms with van der Waals surface area (Å²) < 4.78 is 2.43. The summed E-state index contributed by atoms with van der Waals surface area (Å²) in [7, 11) is 0. The van der Waals surface area contributed by atoms with Gasteiger partial charge in [-0.05, 0) is 52.7 Å². The maximum Gasteiger partial charge on any atom is 0.339 e. The highest BCUT2D eigenvalue weighted by atomic mass is 79.9. The number of hydrogen-bond donors (Lipinski definition) is 1. The molecule has 0 aromatic carbocycles. The highest BCUT2D eigenvalue weighted by molar-refractivity contribution is 9.11. The van der Waals surface area contributed by atoms with E-state index in [1.807, 2.05) is 31.2 Å². The number of aryl methyl sites for hydroxylation is 1. The van der Waals surface area contributed by atoms with Gasteiger partial charge in [-0.15, -0.1) is 11.3 Å². The van der Waals surface area contributed by atoms with Crippen molar-refractivity contribution in [1.29, 1.82) is 0 Å². The van der Waals surface area contributed by atoms with Crippen LogP contribution in [0.2, 0.25) is 0 Å². The van der Waals surface area contributed by atoms with E-state index in [0.717, 1.165) is 14.2 Å². The lowest BCUT2D eigenvalue weighted by Crippen LogP contribution is -1.98. The number of pyridine rings is 1. The molecule has 1 N–H and O–H groups in total. The first-order valence-electron chi connectivity index (χ1n) is 6.06. The van der Waals surface area contributed by atoms with Gasteiger partial charge in [0.1, 0.15) is 11.3 Å². The number of aromatic nitrogens is 3. The van der Waals surface area contributed by atoms with Crippen molar-refractivity contribution in [3.05, 3.63) is 51.6 Å². The fourth-order valence-electron chi connectivity index (χ4n) is 1.92. The zero-order valence-electron chi connectivity index (χ0n) is 10.9. The van der Waals surface area contributed by atoms with Gasteiger partial charge >= 0.3 is 5.97 Å². The quantitative estimate of drug-likeness (QED) is 0.768. The summed E-state index contributed by atoms with van der Waals surface area (Å²) in [5.41, 5.74) is 1.64. The maximum atomic E-state index is 11.4. The predicted molar refractivity (Wildman–Crippen MR) is 84.1 cm³/mol. The number of thiophene rings is 1. The van der Waals surface area contributed by atoms with E-state index < -0.39 is 5.97 Å². The van der Waals surface area contributed by atoms with Crippen LogP contribution in [0.3, 0.4) is 0 Å². The van der Waals surface area contributed by atoms with Gasteiger partial charge in [0.2, 0.25) is 0 Å². The third-order valence-electron chi connectivity index (χ3n) is 2.89. The molecule has 0 aliphatic rings. The molecule has 0 atom stereocenters. The van der Waals surface area contributed by atoms with Crippen LogP contribution >= 0.6 is 27.3 Å². The molecule has 0 amide bonds. The number of carboxylic acids is 1. The monoisotopic (exact) mass is 363 g/mol. The Balaban J connectivity index is 2.15. The Bertz CT molecular complexity index is 825. The molecule has 21 heavy (non-hydrogen) atoms. The van der Waals surface area contributed by atoms with Crippen molar-refractivity contribution >= 4 is 33.2 Å². The molecule has 0 saturated carbocycles. The molecule has 3 aromatic rings. The average Bonchev–Trinajstić information content (AvgIpc) is 3.04. The van der Waals surface area contributed by atoms with Crippen molar-refractivity contribution in [2.24, 2.45) is 0 Å². The van der Waals surface area contributed by atoms with Crippen LogP contribution in [-0.4, -0.2) is 25.8 Å². The second kappa shape index (κ2) is 5.42. The van der Waals surface area contributed by atoms with Gasteiger partial charge in [0, 0.05) is 12.4 Å². The first-order chi connectivity index (χ1) is 10.0. The molecule has 0 radical (unpaired) electrons. The standard InChI is InChI=1S/C14H10BrN3O2S/c1-8-4-5-16-12(6-8)18-7-9(14(19)20)13(17-18)10-2-3-11(15)21-10/h2-7H,1H3,(H,19,20). The lowest BCUT2D eigenvalue weighted by Gasteiger charge is -2.00. The zero-order valence-corrected chi connectivity index (χ0v) is 13.3. The molecule has 0 saturated heterocycles. The van der Waals surface area contributed by atoms with E-state index in [-0.39, 0.29) is 5.56 Å². The van der Waals surface area contributed by atoms with Crippen LogP contribution in [-0.2, 0) is 0 Å². The van der Waals surface area contributed by atoms with Crippen LogP contribution in [0.15, 0.2) is 40.4 Å². The maximum absolute atomic E-state index is 11.4. The fourth-order valence-corrected chi connectivity index (χ4v) is 3.30. The van der Waals surface area contributed by atoms with E-state index in [0.29, 0.717) is 11.5 Å². The van der Waals surface area contributed by atoms with Gasteiger partial charge in [0.25, 0.3) is 0 Å². The van der Waals surface area contributed by atoms with E-state index in [4.69, 9.17) is 0 Å². The Morgan fingerprint density at radius 1 is 1.38 bits per heavy atom. The summed E-state index contributed by atoms with van der Waals surface area (Å²) in [6.07, 6.45) is 3.17. The lowest BCUT2D eigenvalue weighted by atomic mass is 10.2. The number of nitrogens with zero attached hydrogens (tertiary/aromatic N) is 3. The molecule has 3 aromatic heterocycles. The highest BCUT2D eigenvalue weighted by Gasteiger charge is 2.19. The average molecular weight is 364 g/mol. The van der Waals surface area contributed by atoms with Crippen molar-refractivity contribution in [2.45, 2.75) is 6.92 Å². The molecule has 3 rings (SSSR count). The summed E-state index contributed by atoms with van der Waals surface area (Å²) in [4.78, 5) is 16.5. The number of halogens is 1. The van der Waals surface area contributed by atoms with Gasteiger partial charge in [-0.1, -0.05) is 0 Å². The first-order valence-corrected chi connectivity index (χ1v) is 7.67. The molecule has 0 aliphatic heterocycles. The van der Waals surface area contributed by atoms with Crippen molar-refractivity contribution < 1.29 is 9.90 Å². The van der Waals surface area contributed by atoms with Gasteiger partial charge in [-0.25, -0.2) is 14.5 Å². The smallest absolute Gasteiger partial charge is 0.339 e. The Hall–Kier alpha value is -1.99. The zero-order chi connectivity index (χ0) is 15.0. The summed E-state index contributed by atoms with van der Waals surface area (Å²) in [6, 6.07) is 7.45. The fraction of sp³-hybridized carbons (Fsp3) is 0.0714. The van der Waals surface area contributed by atoms with E-state index in [9.17, 15) is 9.90 Å². The Kier molecular flexibility index (Phi) is 3.60. The number of hydrogen-bond acceptors (Lipinski definition) is 4. The third kappa shape index (κ3) is 2.74. The van der Waals surface area contributed by atoms with E-state index in [1.54, 1.807) is 6.20 Å². The molecule has 7 heteroatoms. The van der Waals surface area contributed by atoms with Crippen molar-refractivity contribution in [3.63, 3.8) is 0 Å². The molecule has 0 bridgehead atoms. The topological polar surface area (TPSA) is 68.0 Å². The summed E-state index contributed by atoms with van der Waals surface area (Å²) in [5, 5.41) is 13.8. The molecule has 0 fully saturated rings. The van der Waals surface area contributed by atoms with E-state index in [2.05, 4.69) is 26.0 Å². The largest absolute Gasteiger partial charge is 0.478 e. The van der Waals surface area contributed by atoms with Crippen LogP contribution in [0.5, 0.6) is 0 Å². The van der Waals surface area contributed by atoms with Crippen LogP contribution in [0.25, 0.3) is 16.4 Å². The van der Waals surface area contributed by atoms with Crippen molar-refractivity contribution in [1.82, 2.24) is 14.8 Å². The van der Waals surface area contributed by atoms with E-state index in [1.165, 1.54) is 22.2 Å². The third-order valence-corrected chi connectivity index (χ3v) is 4.52. The second-order valence-electron chi connectivity index (χ2n) is 4.44. The summed E-state index contributed by atoms with van der Waals surface area (Å²) in [5.74, 6) is -0.409. The summed E-state index contributed by atoms with van der Waals surface area (Å²) >= 11 is 4.82. The van der Waals surface area contributed by atoms with Crippen LogP contribution in [0.4, 0.5) is 0 Å². The van der Waals surface area contributed by atoms with Gasteiger partial charge < -0.3 is 5.11 Å². The normalized spacial score (nSPS) is 10.8. The summed E-state index contributed by atoms with van der Waals surface area (Å²) in [6.45, 7) is 1.95. The molecule has 5 nitrogen and oxygen atoms in total. The number of carboxylic acid groups (broad SMARTS) is 1. The Morgan fingerprint density at radius 2 is 2.19 bits per heavy atom. The first kappa shape index (κ1) is 14.0. The molecule has 0 spiro atoms. The van der Waals surface area contributed by atoms with Crippen molar-refractivity contribution in [2.75, 3.05) is 0 Å². The van der Waals surface area contributed by atoms with Gasteiger partial charge in [0.15, 0.2) is 5.82 Å². The van der Waals surface area contributed by atoms with Crippen molar-refractivity contribution in [3.8, 4) is 16.4 Å². The van der Waals surface area contributed by atoms with Gasteiger partial charge in [0.05, 0.1) is 8.66 Å². The van der Waals surface area contributed by atoms with Crippen LogP contribution in [0, 0.1) is 6.92 Å². The minimum atomic E-state index is -1.01. The molecular formula is C14H10BrN3O2S. The minimum absolute atomic E-state index is 0.160. The second-order valence-corrected chi connectivity index (χ2v) is 6.90.